The van der Waals surface area contributed by atoms with Crippen LogP contribution in [0.15, 0.2) is 33.7 Å². The second-order valence-electron chi connectivity index (χ2n) is 5.99. The summed E-state index contributed by atoms with van der Waals surface area (Å²) < 4.78 is 1.17. The van der Waals surface area contributed by atoms with E-state index in [1.165, 1.54) is 42.1 Å². The first-order chi connectivity index (χ1) is 9.72. The van der Waals surface area contributed by atoms with Crippen LogP contribution in [0.25, 0.3) is 0 Å². The maximum absolute atomic E-state index is 4.33. The molecule has 2 N–H and O–H groups in total. The van der Waals surface area contributed by atoms with E-state index >= 15 is 0 Å². The van der Waals surface area contributed by atoms with Crippen LogP contribution in [0, 0.1) is 0 Å². The van der Waals surface area contributed by atoms with E-state index in [1.54, 1.807) is 0 Å². The zero-order chi connectivity index (χ0) is 14.0. The molecular weight excluding hydrogens is 441 g/mol. The zero-order valence-corrected chi connectivity index (χ0v) is 16.3. The van der Waals surface area contributed by atoms with Gasteiger partial charge in [0.15, 0.2) is 5.96 Å². The van der Waals surface area contributed by atoms with Crippen molar-refractivity contribution in [2.24, 2.45) is 4.99 Å². The van der Waals surface area contributed by atoms with Crippen molar-refractivity contribution in [2.45, 2.75) is 43.6 Å². The van der Waals surface area contributed by atoms with Crippen molar-refractivity contribution in [1.82, 2.24) is 10.6 Å². The van der Waals surface area contributed by atoms with Gasteiger partial charge in [0.1, 0.15) is 0 Å². The molecule has 1 aromatic rings. The molecule has 3 rings (SSSR count). The normalized spacial score (nSPS) is 20.2. The molecular formula is C16H23BrIN3. The summed E-state index contributed by atoms with van der Waals surface area (Å²) in [5.41, 5.74) is 1.72. The lowest BCUT2D eigenvalue weighted by Crippen LogP contribution is -2.49. The van der Waals surface area contributed by atoms with Crippen LogP contribution in [0.1, 0.15) is 37.7 Å². The third-order valence-electron chi connectivity index (χ3n) is 4.48. The highest BCUT2D eigenvalue weighted by Gasteiger charge is 2.38. The summed E-state index contributed by atoms with van der Waals surface area (Å²) in [6, 6.07) is 9.39. The van der Waals surface area contributed by atoms with E-state index in [9.17, 15) is 0 Å². The second-order valence-corrected chi connectivity index (χ2v) is 6.90. The molecule has 2 saturated carbocycles. The minimum Gasteiger partial charge on any atom is -0.356 e. The number of benzene rings is 1. The number of halogens is 2. The molecule has 0 aromatic heterocycles. The molecule has 0 bridgehead atoms. The van der Waals surface area contributed by atoms with Crippen LogP contribution in [0.2, 0.25) is 0 Å². The maximum Gasteiger partial charge on any atom is 0.191 e. The first kappa shape index (κ1) is 17.1. The molecule has 3 nitrogen and oxygen atoms in total. The van der Waals surface area contributed by atoms with Crippen LogP contribution in [0.4, 0.5) is 0 Å². The van der Waals surface area contributed by atoms with Crippen LogP contribution in [-0.2, 0) is 5.41 Å². The summed E-state index contributed by atoms with van der Waals surface area (Å²) in [6.07, 6.45) is 6.39. The molecule has 0 saturated heterocycles. The number of hydrogen-bond acceptors (Lipinski definition) is 1. The lowest BCUT2D eigenvalue weighted by molar-refractivity contribution is 0.243. The van der Waals surface area contributed by atoms with Crippen LogP contribution < -0.4 is 10.6 Å². The average molecular weight is 464 g/mol. The van der Waals surface area contributed by atoms with Gasteiger partial charge in [-0.2, -0.15) is 0 Å². The van der Waals surface area contributed by atoms with Gasteiger partial charge in [-0.15, -0.1) is 24.0 Å². The van der Waals surface area contributed by atoms with Gasteiger partial charge in [-0.1, -0.05) is 34.5 Å². The van der Waals surface area contributed by atoms with Crippen LogP contribution in [-0.4, -0.2) is 25.6 Å². The number of nitrogens with one attached hydrogen (secondary N) is 2. The first-order valence-electron chi connectivity index (χ1n) is 7.45. The van der Waals surface area contributed by atoms with Crippen molar-refractivity contribution in [1.29, 1.82) is 0 Å². The van der Waals surface area contributed by atoms with E-state index in [0.29, 0.717) is 6.04 Å². The lowest BCUT2D eigenvalue weighted by Gasteiger charge is -2.43. The molecule has 0 heterocycles. The maximum atomic E-state index is 4.33. The van der Waals surface area contributed by atoms with Crippen molar-refractivity contribution in [3.05, 3.63) is 34.3 Å². The molecule has 0 spiro atoms. The predicted molar refractivity (Wildman–Crippen MR) is 103 cm³/mol. The minimum atomic E-state index is 0. The summed E-state index contributed by atoms with van der Waals surface area (Å²) in [5, 5.41) is 6.98. The topological polar surface area (TPSA) is 36.4 Å². The van der Waals surface area contributed by atoms with Gasteiger partial charge in [-0.05, 0) is 43.4 Å². The highest BCUT2D eigenvalue weighted by molar-refractivity contribution is 14.0. The van der Waals surface area contributed by atoms with Gasteiger partial charge in [-0.3, -0.25) is 4.99 Å². The fraction of sp³-hybridized carbons (Fsp3) is 0.562. The molecule has 0 aliphatic heterocycles. The van der Waals surface area contributed by atoms with Gasteiger partial charge in [0, 0.05) is 29.5 Å². The number of nitrogens with zero attached hydrogens (tertiary/aromatic N) is 1. The Morgan fingerprint density at radius 3 is 2.67 bits per heavy atom. The summed E-state index contributed by atoms with van der Waals surface area (Å²) in [4.78, 5) is 4.33. The summed E-state index contributed by atoms with van der Waals surface area (Å²) >= 11 is 3.59. The zero-order valence-electron chi connectivity index (χ0n) is 12.4. The Labute approximate surface area is 152 Å². The SMILES string of the molecule is CN=C(NCC1(c2cccc(Br)c2)CCC1)NC1CC1.I. The Hall–Kier alpha value is -0.300. The van der Waals surface area contributed by atoms with Gasteiger partial charge >= 0.3 is 0 Å². The van der Waals surface area contributed by atoms with Gasteiger partial charge in [0.05, 0.1) is 0 Å². The van der Waals surface area contributed by atoms with Gasteiger partial charge in [-0.25, -0.2) is 0 Å². The van der Waals surface area contributed by atoms with E-state index in [2.05, 4.69) is 55.8 Å². The summed E-state index contributed by atoms with van der Waals surface area (Å²) in [5.74, 6) is 0.953. The summed E-state index contributed by atoms with van der Waals surface area (Å²) in [6.45, 7) is 0.968. The highest BCUT2D eigenvalue weighted by Crippen LogP contribution is 2.43. The highest BCUT2D eigenvalue weighted by atomic mass is 127. The van der Waals surface area contributed by atoms with E-state index in [-0.39, 0.29) is 29.4 Å². The van der Waals surface area contributed by atoms with Gasteiger partial charge in [0.25, 0.3) is 0 Å². The van der Waals surface area contributed by atoms with Crippen LogP contribution in [0.5, 0.6) is 0 Å². The van der Waals surface area contributed by atoms with Crippen LogP contribution in [0.3, 0.4) is 0 Å². The molecule has 5 heteroatoms. The molecule has 116 valence electrons. The average Bonchev–Trinajstić information content (AvgIpc) is 3.20. The quantitative estimate of drug-likeness (QED) is 0.404. The van der Waals surface area contributed by atoms with Crippen molar-refractivity contribution in [3.8, 4) is 0 Å². The largest absolute Gasteiger partial charge is 0.356 e. The number of hydrogen-bond donors (Lipinski definition) is 2. The van der Waals surface area contributed by atoms with Crippen molar-refractivity contribution in [2.75, 3.05) is 13.6 Å². The van der Waals surface area contributed by atoms with Gasteiger partial charge < -0.3 is 10.6 Å². The summed E-state index contributed by atoms with van der Waals surface area (Å²) in [7, 11) is 1.85. The smallest absolute Gasteiger partial charge is 0.191 e. The molecule has 2 fully saturated rings. The predicted octanol–water partition coefficient (Wildman–Crippen LogP) is 3.82. The molecule has 0 amide bonds. The molecule has 2 aliphatic carbocycles. The monoisotopic (exact) mass is 463 g/mol. The van der Waals surface area contributed by atoms with E-state index in [0.717, 1.165) is 12.5 Å². The fourth-order valence-electron chi connectivity index (χ4n) is 2.86. The van der Waals surface area contributed by atoms with Crippen molar-refractivity contribution in [3.63, 3.8) is 0 Å². The Balaban J connectivity index is 0.00000161. The van der Waals surface area contributed by atoms with Crippen molar-refractivity contribution < 1.29 is 0 Å². The second kappa shape index (κ2) is 7.31. The number of guanidine groups is 1. The number of rotatable bonds is 4. The van der Waals surface area contributed by atoms with E-state index in [4.69, 9.17) is 0 Å². The molecule has 1 aromatic carbocycles. The Bertz CT molecular complexity index is 510. The minimum absolute atomic E-state index is 0. The molecule has 2 aliphatic rings. The standard InChI is InChI=1S/C16H22BrN3.HI/c1-18-15(20-14-6-7-14)19-11-16(8-3-9-16)12-4-2-5-13(17)10-12;/h2,4-5,10,14H,3,6-9,11H2,1H3,(H2,18,19,20);1H. The molecule has 21 heavy (non-hydrogen) atoms. The fourth-order valence-corrected chi connectivity index (χ4v) is 3.26. The van der Waals surface area contributed by atoms with E-state index < -0.39 is 0 Å². The first-order valence-corrected chi connectivity index (χ1v) is 8.24. The molecule has 0 unspecified atom stereocenters. The number of aliphatic imine (C=N–C) groups is 1. The van der Waals surface area contributed by atoms with Crippen molar-refractivity contribution >= 4 is 45.9 Å². The van der Waals surface area contributed by atoms with Gasteiger partial charge in [0.2, 0.25) is 0 Å². The van der Waals surface area contributed by atoms with Crippen LogP contribution >= 0.6 is 39.9 Å². The van der Waals surface area contributed by atoms with E-state index in [1.807, 2.05) is 7.05 Å². The molecule has 0 radical (unpaired) electrons. The Morgan fingerprint density at radius 1 is 1.38 bits per heavy atom. The Kier molecular flexibility index (Phi) is 5.94. The Morgan fingerprint density at radius 2 is 2.14 bits per heavy atom. The third-order valence-corrected chi connectivity index (χ3v) is 4.98. The molecule has 0 atom stereocenters. The third kappa shape index (κ3) is 4.12. The lowest BCUT2D eigenvalue weighted by atomic mass is 9.64.